The summed E-state index contributed by atoms with van der Waals surface area (Å²) in [5.74, 6) is 1.32. The number of para-hydroxylation sites is 1. The molecule has 4 aromatic rings. The Labute approximate surface area is 384 Å². The van der Waals surface area contributed by atoms with Gasteiger partial charge in [-0.1, -0.05) is 54.6 Å². The van der Waals surface area contributed by atoms with Crippen LogP contribution in [0.5, 0.6) is 17.2 Å². The third-order valence-electron chi connectivity index (χ3n) is 10.9. The molecule has 1 fully saturated rings. The minimum atomic E-state index is -0.868. The number of hydrogen-bond acceptors (Lipinski definition) is 18. The van der Waals surface area contributed by atoms with E-state index in [0.29, 0.717) is 76.3 Å². The number of likely N-dealkylation sites (tertiary alicyclic amines) is 1. The van der Waals surface area contributed by atoms with Gasteiger partial charge in [-0.25, -0.2) is 9.59 Å². The second-order valence-electron chi connectivity index (χ2n) is 15.5. The van der Waals surface area contributed by atoms with E-state index in [-0.39, 0.29) is 69.4 Å². The molecule has 1 aliphatic heterocycles. The summed E-state index contributed by atoms with van der Waals surface area (Å²) in [6.45, 7) is 2.14. The number of rotatable bonds is 29. The van der Waals surface area contributed by atoms with Crippen LogP contribution in [0, 0.1) is 5.92 Å². The Kier molecular flexibility index (Phi) is 22.4. The van der Waals surface area contributed by atoms with Crippen molar-refractivity contribution in [3.63, 3.8) is 0 Å². The Morgan fingerprint density at radius 3 is 2.03 bits per heavy atom. The third kappa shape index (κ3) is 17.5. The van der Waals surface area contributed by atoms with Gasteiger partial charge in [0, 0.05) is 35.8 Å². The maximum absolute atomic E-state index is 13.7. The van der Waals surface area contributed by atoms with E-state index in [1.165, 1.54) is 0 Å². The SMILES string of the molecule is COc1ccccc1COCCCOc1ccc(C2C(COC(=O)OCCCCCON(O)O)CN(C(=O)OCCCCCON(O)O)CC2OCc2cc(OC)c3ccccc3c2)cc1. The third-order valence-corrected chi connectivity index (χ3v) is 10.9. The van der Waals surface area contributed by atoms with Gasteiger partial charge >= 0.3 is 12.2 Å². The van der Waals surface area contributed by atoms with Crippen molar-refractivity contribution in [3.8, 4) is 17.2 Å². The van der Waals surface area contributed by atoms with Crippen LogP contribution in [-0.2, 0) is 46.6 Å². The highest BCUT2D eigenvalue weighted by Gasteiger charge is 2.41. The van der Waals surface area contributed by atoms with E-state index in [1.54, 1.807) is 19.1 Å². The number of carbonyl (C=O) groups is 2. The van der Waals surface area contributed by atoms with Gasteiger partial charge in [0.2, 0.25) is 0 Å². The second kappa shape index (κ2) is 28.7. The molecule has 0 saturated carbocycles. The fourth-order valence-corrected chi connectivity index (χ4v) is 7.66. The smallest absolute Gasteiger partial charge is 0.496 e. The predicted octanol–water partition coefficient (Wildman–Crippen LogP) is 8.10. The molecule has 0 spiro atoms. The van der Waals surface area contributed by atoms with Gasteiger partial charge in [-0.3, -0.25) is 30.5 Å². The summed E-state index contributed by atoms with van der Waals surface area (Å²) in [5, 5.41) is 36.1. The maximum atomic E-state index is 13.7. The average Bonchev–Trinajstić information content (AvgIpc) is 3.32. The zero-order valence-electron chi connectivity index (χ0n) is 37.6. The molecule has 362 valence electrons. The zero-order chi connectivity index (χ0) is 46.9. The minimum absolute atomic E-state index is 0.0771. The summed E-state index contributed by atoms with van der Waals surface area (Å²) in [5.41, 5.74) is 2.72. The van der Waals surface area contributed by atoms with Crippen molar-refractivity contribution in [1.29, 1.82) is 0 Å². The number of nitrogens with zero attached hydrogens (tertiary/aromatic N) is 3. The lowest BCUT2D eigenvalue weighted by Gasteiger charge is -2.43. The first kappa shape index (κ1) is 51.7. The van der Waals surface area contributed by atoms with E-state index in [2.05, 4.69) is 9.68 Å². The van der Waals surface area contributed by atoms with Crippen molar-refractivity contribution < 1.29 is 78.0 Å². The molecule has 0 aromatic heterocycles. The molecule has 4 aromatic carbocycles. The van der Waals surface area contributed by atoms with E-state index in [9.17, 15) is 9.59 Å². The van der Waals surface area contributed by atoms with Gasteiger partial charge in [0.15, 0.2) is 0 Å². The summed E-state index contributed by atoms with van der Waals surface area (Å²) in [4.78, 5) is 37.3. The number of fused-ring (bicyclic) bond motifs is 1. The number of piperidine rings is 1. The summed E-state index contributed by atoms with van der Waals surface area (Å²) in [6, 6.07) is 27.3. The van der Waals surface area contributed by atoms with Crippen LogP contribution >= 0.6 is 0 Å². The molecule has 0 radical (unpaired) electrons. The number of carbonyl (C=O) groups excluding carboxylic acids is 2. The molecule has 1 amide bonds. The first-order valence-electron chi connectivity index (χ1n) is 22.1. The Morgan fingerprint density at radius 2 is 1.32 bits per heavy atom. The van der Waals surface area contributed by atoms with Crippen molar-refractivity contribution in [2.24, 2.45) is 5.92 Å². The topological polar surface area (TPSA) is 217 Å². The molecular weight excluding hydrogens is 863 g/mol. The molecule has 1 saturated heterocycles. The standard InChI is InChI=1S/C47H63N3O16/c1-57-42-17-8-6-15-38(42)33-59-22-13-25-60-40-20-18-36(19-21-40)45-39(34-64-47(52)62-24-10-4-12-27-66-50(55)56)30-48(46(51)61-23-9-3-11-26-65-49(53)54)31-44(45)63-32-35-28-37-14-5-7-16-41(37)43(29-35)58-2/h5-8,14-21,28-29,39,44-45,53-56H,3-4,9-13,22-27,30-34H2,1-2H3. The highest BCUT2D eigenvalue weighted by Crippen LogP contribution is 2.38. The zero-order valence-corrected chi connectivity index (χ0v) is 37.6. The normalized spacial score (nSPS) is 16.1. The summed E-state index contributed by atoms with van der Waals surface area (Å²) in [6.07, 6.45) is 1.88. The summed E-state index contributed by atoms with van der Waals surface area (Å²) >= 11 is 0. The van der Waals surface area contributed by atoms with Crippen LogP contribution in [0.15, 0.2) is 84.9 Å². The van der Waals surface area contributed by atoms with Crippen LogP contribution in [0.2, 0.25) is 0 Å². The lowest BCUT2D eigenvalue weighted by molar-refractivity contribution is -0.492. The van der Waals surface area contributed by atoms with Crippen molar-refractivity contribution in [1.82, 2.24) is 15.7 Å². The van der Waals surface area contributed by atoms with Gasteiger partial charge in [-0.05, 0) is 85.4 Å². The van der Waals surface area contributed by atoms with Crippen LogP contribution < -0.4 is 14.2 Å². The van der Waals surface area contributed by atoms with E-state index in [4.69, 9.17) is 58.7 Å². The van der Waals surface area contributed by atoms with E-state index in [1.807, 2.05) is 84.9 Å². The molecule has 3 unspecified atom stereocenters. The Balaban J connectivity index is 1.29. The summed E-state index contributed by atoms with van der Waals surface area (Å²) in [7, 11) is 3.26. The highest BCUT2D eigenvalue weighted by atomic mass is 17.1. The number of unbranched alkanes of at least 4 members (excludes halogenated alkanes) is 4. The van der Waals surface area contributed by atoms with E-state index >= 15 is 0 Å². The molecule has 1 aliphatic rings. The number of ether oxygens (including phenoxy) is 8. The molecule has 5 rings (SSSR count). The Morgan fingerprint density at radius 1 is 0.652 bits per heavy atom. The van der Waals surface area contributed by atoms with Gasteiger partial charge in [0.1, 0.15) is 23.9 Å². The van der Waals surface area contributed by atoms with Gasteiger partial charge in [0.25, 0.3) is 0 Å². The highest BCUT2D eigenvalue weighted by molar-refractivity contribution is 5.89. The first-order chi connectivity index (χ1) is 32.1. The molecule has 1 heterocycles. The molecule has 0 aliphatic carbocycles. The first-order valence-corrected chi connectivity index (χ1v) is 22.1. The van der Waals surface area contributed by atoms with Gasteiger partial charge in [0.05, 0.1) is 90.5 Å². The number of benzene rings is 4. The Hall–Kier alpha value is -5.32. The van der Waals surface area contributed by atoms with Crippen molar-refractivity contribution >= 4 is 23.0 Å². The maximum Gasteiger partial charge on any atom is 0.508 e. The van der Waals surface area contributed by atoms with Gasteiger partial charge in [-0.2, -0.15) is 0 Å². The fourth-order valence-electron chi connectivity index (χ4n) is 7.66. The van der Waals surface area contributed by atoms with Crippen LogP contribution in [0.3, 0.4) is 0 Å². The Bertz CT molecular complexity index is 2020. The molecule has 0 bridgehead atoms. The molecule has 66 heavy (non-hydrogen) atoms. The van der Waals surface area contributed by atoms with Crippen molar-refractivity contribution in [2.45, 2.75) is 70.2 Å². The van der Waals surface area contributed by atoms with Crippen LogP contribution in [0.25, 0.3) is 10.8 Å². The number of amides is 1. The second-order valence-corrected chi connectivity index (χ2v) is 15.5. The molecule has 19 nitrogen and oxygen atoms in total. The predicted molar refractivity (Wildman–Crippen MR) is 235 cm³/mol. The quantitative estimate of drug-likeness (QED) is 0.0230. The monoisotopic (exact) mass is 925 g/mol. The van der Waals surface area contributed by atoms with Crippen LogP contribution in [-0.4, -0.2) is 128 Å². The molecule has 3 atom stereocenters. The average molecular weight is 926 g/mol. The van der Waals surface area contributed by atoms with Crippen LogP contribution in [0.1, 0.15) is 67.6 Å². The largest absolute Gasteiger partial charge is 0.508 e. The summed E-state index contributed by atoms with van der Waals surface area (Å²) < 4.78 is 46.6. The van der Waals surface area contributed by atoms with Gasteiger partial charge < -0.3 is 42.8 Å². The fraction of sp³-hybridized carbons (Fsp3) is 0.489. The van der Waals surface area contributed by atoms with E-state index < -0.39 is 24.3 Å². The minimum Gasteiger partial charge on any atom is -0.496 e. The van der Waals surface area contributed by atoms with Crippen molar-refractivity contribution in [3.05, 3.63) is 102 Å². The number of hydrogen-bond donors (Lipinski definition) is 4. The molecule has 4 N–H and O–H groups in total. The lowest BCUT2D eigenvalue weighted by atomic mass is 9.78. The molecule has 19 heteroatoms. The van der Waals surface area contributed by atoms with E-state index in [0.717, 1.165) is 33.2 Å². The molecular formula is C47H63N3O16. The van der Waals surface area contributed by atoms with Crippen LogP contribution in [0.4, 0.5) is 9.59 Å². The van der Waals surface area contributed by atoms with Crippen molar-refractivity contribution in [2.75, 3.05) is 73.6 Å². The lowest BCUT2D eigenvalue weighted by Crippen LogP contribution is -2.52. The number of methoxy groups -OCH3 is 2. The van der Waals surface area contributed by atoms with Gasteiger partial charge in [-0.15, -0.1) is 0 Å².